The Bertz CT molecular complexity index is 525. The van der Waals surface area contributed by atoms with Crippen molar-refractivity contribution < 1.29 is 14.3 Å². The molecule has 122 valence electrons. The van der Waals surface area contributed by atoms with Gasteiger partial charge in [-0.3, -0.25) is 4.79 Å². The SMILES string of the molecule is CN1CCOC(C(=O)NC(C)(C)COc2ncccc2Br)C1. The van der Waals surface area contributed by atoms with Crippen LogP contribution >= 0.6 is 15.9 Å². The molecule has 1 aliphatic heterocycles. The molecule has 0 bridgehead atoms. The summed E-state index contributed by atoms with van der Waals surface area (Å²) in [6, 6.07) is 3.68. The van der Waals surface area contributed by atoms with E-state index in [1.165, 1.54) is 0 Å². The fourth-order valence-corrected chi connectivity index (χ4v) is 2.48. The Hall–Kier alpha value is -1.18. The van der Waals surface area contributed by atoms with Crippen molar-refractivity contribution in [3.8, 4) is 5.88 Å². The summed E-state index contributed by atoms with van der Waals surface area (Å²) in [7, 11) is 1.98. The fourth-order valence-electron chi connectivity index (χ4n) is 2.11. The minimum atomic E-state index is -0.520. The molecule has 0 radical (unpaired) electrons. The first kappa shape index (κ1) is 17.2. The van der Waals surface area contributed by atoms with Crippen molar-refractivity contribution in [1.29, 1.82) is 0 Å². The van der Waals surface area contributed by atoms with Crippen LogP contribution in [0.3, 0.4) is 0 Å². The Morgan fingerprint density at radius 3 is 3.09 bits per heavy atom. The molecule has 1 aromatic rings. The van der Waals surface area contributed by atoms with Crippen molar-refractivity contribution >= 4 is 21.8 Å². The minimum Gasteiger partial charge on any atom is -0.474 e. The molecular formula is C15H22BrN3O3. The molecule has 1 atom stereocenters. The van der Waals surface area contributed by atoms with Gasteiger partial charge in [-0.15, -0.1) is 0 Å². The maximum atomic E-state index is 12.3. The number of ether oxygens (including phenoxy) is 2. The summed E-state index contributed by atoms with van der Waals surface area (Å²) in [5, 5.41) is 2.98. The van der Waals surface area contributed by atoms with E-state index in [1.807, 2.05) is 33.0 Å². The van der Waals surface area contributed by atoms with Crippen molar-refractivity contribution in [3.05, 3.63) is 22.8 Å². The predicted octanol–water partition coefficient (Wildman–Crippen LogP) is 1.45. The van der Waals surface area contributed by atoms with Crippen molar-refractivity contribution in [3.63, 3.8) is 0 Å². The van der Waals surface area contributed by atoms with Crippen LogP contribution in [0.1, 0.15) is 13.8 Å². The Labute approximate surface area is 139 Å². The quantitative estimate of drug-likeness (QED) is 0.848. The van der Waals surface area contributed by atoms with Crippen molar-refractivity contribution in [2.24, 2.45) is 0 Å². The third-order valence-corrected chi connectivity index (χ3v) is 3.92. The van der Waals surface area contributed by atoms with Crippen LogP contribution in [0.25, 0.3) is 0 Å². The van der Waals surface area contributed by atoms with Crippen LogP contribution in [0.15, 0.2) is 22.8 Å². The summed E-state index contributed by atoms with van der Waals surface area (Å²) >= 11 is 3.38. The molecule has 6 nitrogen and oxygen atoms in total. The van der Waals surface area contributed by atoms with Crippen molar-refractivity contribution in [1.82, 2.24) is 15.2 Å². The van der Waals surface area contributed by atoms with Crippen molar-refractivity contribution in [2.45, 2.75) is 25.5 Å². The number of carbonyl (C=O) groups is 1. The van der Waals surface area contributed by atoms with Gasteiger partial charge < -0.3 is 19.7 Å². The molecule has 22 heavy (non-hydrogen) atoms. The zero-order chi connectivity index (χ0) is 16.2. The lowest BCUT2D eigenvalue weighted by molar-refractivity contribution is -0.139. The smallest absolute Gasteiger partial charge is 0.251 e. The molecule has 1 fully saturated rings. The van der Waals surface area contributed by atoms with E-state index in [9.17, 15) is 4.79 Å². The average molecular weight is 372 g/mol. The van der Waals surface area contributed by atoms with Crippen LogP contribution in [0.4, 0.5) is 0 Å². The van der Waals surface area contributed by atoms with E-state index >= 15 is 0 Å². The average Bonchev–Trinajstić information content (AvgIpc) is 2.46. The van der Waals surface area contributed by atoms with Crippen LogP contribution in [0, 0.1) is 0 Å². The van der Waals surface area contributed by atoms with Gasteiger partial charge in [0.1, 0.15) is 12.7 Å². The number of hydrogen-bond acceptors (Lipinski definition) is 5. The van der Waals surface area contributed by atoms with E-state index in [1.54, 1.807) is 6.20 Å². The lowest BCUT2D eigenvalue weighted by atomic mass is 10.1. The number of halogens is 1. The number of carbonyl (C=O) groups excluding carboxylic acids is 1. The molecular weight excluding hydrogens is 350 g/mol. The van der Waals surface area contributed by atoms with E-state index in [2.05, 4.69) is 31.1 Å². The van der Waals surface area contributed by atoms with Crippen LogP contribution in [-0.2, 0) is 9.53 Å². The van der Waals surface area contributed by atoms with E-state index in [0.29, 0.717) is 25.6 Å². The molecule has 7 heteroatoms. The van der Waals surface area contributed by atoms with Crippen LogP contribution in [0.2, 0.25) is 0 Å². The third-order valence-electron chi connectivity index (χ3n) is 3.32. The second-order valence-corrected chi connectivity index (χ2v) is 6.93. The molecule has 2 heterocycles. The van der Waals surface area contributed by atoms with E-state index in [-0.39, 0.29) is 5.91 Å². The first-order chi connectivity index (χ1) is 10.4. The van der Waals surface area contributed by atoms with E-state index < -0.39 is 11.6 Å². The van der Waals surface area contributed by atoms with Gasteiger partial charge in [0, 0.05) is 19.3 Å². The number of nitrogens with zero attached hydrogens (tertiary/aromatic N) is 2. The number of hydrogen-bond donors (Lipinski definition) is 1. The summed E-state index contributed by atoms with van der Waals surface area (Å²) < 4.78 is 12.0. The number of rotatable bonds is 5. The molecule has 0 aromatic carbocycles. The highest BCUT2D eigenvalue weighted by Gasteiger charge is 2.30. The number of aromatic nitrogens is 1. The molecule has 1 saturated heterocycles. The van der Waals surface area contributed by atoms with E-state index in [0.717, 1.165) is 11.0 Å². The van der Waals surface area contributed by atoms with Gasteiger partial charge >= 0.3 is 0 Å². The van der Waals surface area contributed by atoms with Gasteiger partial charge in [-0.25, -0.2) is 4.98 Å². The summed E-state index contributed by atoms with van der Waals surface area (Å²) in [6.07, 6.45) is 1.23. The Morgan fingerprint density at radius 1 is 1.64 bits per heavy atom. The molecule has 0 saturated carbocycles. The standard InChI is InChI=1S/C15H22BrN3O3/c1-15(2,10-22-14-11(16)5-4-6-17-14)18-13(20)12-9-19(3)7-8-21-12/h4-6,12H,7-10H2,1-3H3,(H,18,20). The predicted molar refractivity (Wildman–Crippen MR) is 86.9 cm³/mol. The zero-order valence-electron chi connectivity index (χ0n) is 13.1. The first-order valence-electron chi connectivity index (χ1n) is 7.23. The Kier molecular flexibility index (Phi) is 5.77. The first-order valence-corrected chi connectivity index (χ1v) is 8.02. The maximum absolute atomic E-state index is 12.3. The summed E-state index contributed by atoms with van der Waals surface area (Å²) in [6.45, 7) is 6.17. The molecule has 1 amide bonds. The Balaban J connectivity index is 1.87. The van der Waals surface area contributed by atoms with Crippen molar-refractivity contribution in [2.75, 3.05) is 33.4 Å². The highest BCUT2D eigenvalue weighted by molar-refractivity contribution is 9.10. The van der Waals surface area contributed by atoms with Crippen LogP contribution < -0.4 is 10.1 Å². The van der Waals surface area contributed by atoms with Gasteiger partial charge in [-0.1, -0.05) is 0 Å². The summed E-state index contributed by atoms with van der Waals surface area (Å²) in [5.41, 5.74) is -0.520. The summed E-state index contributed by atoms with van der Waals surface area (Å²) in [4.78, 5) is 18.5. The fraction of sp³-hybridized carbons (Fsp3) is 0.600. The number of likely N-dealkylation sites (N-methyl/N-ethyl adjacent to an activating group) is 1. The number of pyridine rings is 1. The maximum Gasteiger partial charge on any atom is 0.251 e. The third kappa shape index (κ3) is 4.93. The van der Waals surface area contributed by atoms with E-state index in [4.69, 9.17) is 9.47 Å². The number of morpholine rings is 1. The lowest BCUT2D eigenvalue weighted by Crippen LogP contribution is -2.55. The normalized spacial score (nSPS) is 19.7. The molecule has 2 rings (SSSR count). The van der Waals surface area contributed by atoms with Gasteiger partial charge in [-0.05, 0) is 49.0 Å². The molecule has 1 N–H and O–H groups in total. The Morgan fingerprint density at radius 2 is 2.41 bits per heavy atom. The highest BCUT2D eigenvalue weighted by atomic mass is 79.9. The van der Waals surface area contributed by atoms with Crippen LogP contribution in [0.5, 0.6) is 5.88 Å². The second kappa shape index (κ2) is 7.39. The highest BCUT2D eigenvalue weighted by Crippen LogP contribution is 2.21. The molecule has 0 aliphatic carbocycles. The largest absolute Gasteiger partial charge is 0.474 e. The topological polar surface area (TPSA) is 63.7 Å². The van der Waals surface area contributed by atoms with Gasteiger partial charge in [-0.2, -0.15) is 0 Å². The molecule has 1 aromatic heterocycles. The molecule has 1 aliphatic rings. The van der Waals surface area contributed by atoms with Gasteiger partial charge in [0.2, 0.25) is 5.88 Å². The van der Waals surface area contributed by atoms with Gasteiger partial charge in [0.25, 0.3) is 5.91 Å². The number of nitrogens with one attached hydrogen (secondary N) is 1. The second-order valence-electron chi connectivity index (χ2n) is 6.07. The zero-order valence-corrected chi connectivity index (χ0v) is 14.7. The molecule has 0 spiro atoms. The lowest BCUT2D eigenvalue weighted by Gasteiger charge is -2.32. The monoisotopic (exact) mass is 371 g/mol. The summed E-state index contributed by atoms with van der Waals surface area (Å²) in [5.74, 6) is 0.402. The number of amides is 1. The van der Waals surface area contributed by atoms with Gasteiger partial charge in [0.05, 0.1) is 16.6 Å². The van der Waals surface area contributed by atoms with Crippen LogP contribution in [-0.4, -0.2) is 60.8 Å². The van der Waals surface area contributed by atoms with Gasteiger partial charge in [0.15, 0.2) is 0 Å². The molecule has 1 unspecified atom stereocenters. The minimum absolute atomic E-state index is 0.111.